The lowest BCUT2D eigenvalue weighted by Gasteiger charge is -2.08. The van der Waals surface area contributed by atoms with Gasteiger partial charge in [0.2, 0.25) is 0 Å². The molecule has 0 aliphatic rings. The number of benzene rings is 1. The third-order valence-electron chi connectivity index (χ3n) is 3.39. The fourth-order valence-electron chi connectivity index (χ4n) is 2.28. The number of nitrogens with one attached hydrogen (secondary N) is 1. The SMILES string of the molecule is O=C(O)Cn1nccc1C(=O)Nc1ccc(Cn2cc(Cl)cn2)cc1. The van der Waals surface area contributed by atoms with Crippen LogP contribution in [-0.4, -0.2) is 36.5 Å². The van der Waals surface area contributed by atoms with Crippen LogP contribution < -0.4 is 5.32 Å². The summed E-state index contributed by atoms with van der Waals surface area (Å²) in [5.41, 5.74) is 1.77. The predicted molar refractivity (Wildman–Crippen MR) is 90.6 cm³/mol. The van der Waals surface area contributed by atoms with Crippen LogP contribution in [0.3, 0.4) is 0 Å². The minimum atomic E-state index is -1.07. The van der Waals surface area contributed by atoms with Crippen molar-refractivity contribution in [3.8, 4) is 0 Å². The van der Waals surface area contributed by atoms with Gasteiger partial charge in [-0.3, -0.25) is 14.3 Å². The molecule has 128 valence electrons. The molecule has 3 aromatic rings. The fourth-order valence-corrected chi connectivity index (χ4v) is 2.44. The highest BCUT2D eigenvalue weighted by Gasteiger charge is 2.14. The zero-order valence-corrected chi connectivity index (χ0v) is 13.7. The standard InChI is InChI=1S/C16H14ClN5O3/c17-12-7-19-21(9-12)8-11-1-3-13(4-2-11)20-16(25)14-5-6-18-22(14)10-15(23)24/h1-7,9H,8,10H2,(H,20,25)(H,23,24). The van der Waals surface area contributed by atoms with E-state index in [1.54, 1.807) is 29.2 Å². The number of carbonyl (C=O) groups excluding carboxylic acids is 1. The van der Waals surface area contributed by atoms with Crippen LogP contribution in [0.4, 0.5) is 5.69 Å². The third kappa shape index (κ3) is 4.24. The summed E-state index contributed by atoms with van der Waals surface area (Å²) in [5, 5.41) is 20.1. The Morgan fingerprint density at radius 1 is 1.16 bits per heavy atom. The van der Waals surface area contributed by atoms with Crippen molar-refractivity contribution in [3.63, 3.8) is 0 Å². The summed E-state index contributed by atoms with van der Waals surface area (Å²) >= 11 is 5.83. The first-order valence-corrected chi connectivity index (χ1v) is 7.71. The lowest BCUT2D eigenvalue weighted by atomic mass is 10.2. The van der Waals surface area contributed by atoms with Crippen LogP contribution in [0.5, 0.6) is 0 Å². The summed E-state index contributed by atoms with van der Waals surface area (Å²) in [4.78, 5) is 23.0. The molecule has 9 heteroatoms. The maximum absolute atomic E-state index is 12.3. The second-order valence-electron chi connectivity index (χ2n) is 5.28. The zero-order valence-electron chi connectivity index (χ0n) is 13.0. The summed E-state index contributed by atoms with van der Waals surface area (Å²) in [5.74, 6) is -1.49. The Hall–Kier alpha value is -3.13. The van der Waals surface area contributed by atoms with E-state index in [1.807, 2.05) is 12.1 Å². The van der Waals surface area contributed by atoms with Crippen molar-refractivity contribution in [2.24, 2.45) is 0 Å². The number of aromatic nitrogens is 4. The van der Waals surface area contributed by atoms with Crippen LogP contribution in [0.1, 0.15) is 16.1 Å². The monoisotopic (exact) mass is 359 g/mol. The maximum Gasteiger partial charge on any atom is 0.325 e. The Morgan fingerprint density at radius 3 is 2.56 bits per heavy atom. The quantitative estimate of drug-likeness (QED) is 0.701. The lowest BCUT2D eigenvalue weighted by molar-refractivity contribution is -0.137. The van der Waals surface area contributed by atoms with E-state index in [0.717, 1.165) is 10.2 Å². The smallest absolute Gasteiger partial charge is 0.325 e. The molecular formula is C16H14ClN5O3. The van der Waals surface area contributed by atoms with Crippen molar-refractivity contribution in [1.82, 2.24) is 19.6 Å². The molecule has 1 aromatic carbocycles. The zero-order chi connectivity index (χ0) is 17.8. The molecule has 0 fully saturated rings. The molecule has 1 amide bonds. The van der Waals surface area contributed by atoms with Crippen molar-refractivity contribution < 1.29 is 14.7 Å². The minimum Gasteiger partial charge on any atom is -0.480 e. The summed E-state index contributed by atoms with van der Waals surface area (Å²) in [6, 6.07) is 8.71. The van der Waals surface area contributed by atoms with Gasteiger partial charge in [0, 0.05) is 18.1 Å². The highest BCUT2D eigenvalue weighted by molar-refractivity contribution is 6.30. The van der Waals surface area contributed by atoms with Gasteiger partial charge in [0.15, 0.2) is 0 Å². The average molecular weight is 360 g/mol. The van der Waals surface area contributed by atoms with E-state index in [2.05, 4.69) is 15.5 Å². The number of hydrogen-bond donors (Lipinski definition) is 2. The van der Waals surface area contributed by atoms with Crippen LogP contribution in [0.2, 0.25) is 5.02 Å². The van der Waals surface area contributed by atoms with Gasteiger partial charge in [-0.15, -0.1) is 0 Å². The molecule has 0 aliphatic carbocycles. The summed E-state index contributed by atoms with van der Waals surface area (Å²) in [6.07, 6.45) is 4.67. The number of carboxylic acid groups (broad SMARTS) is 1. The van der Waals surface area contributed by atoms with E-state index in [4.69, 9.17) is 16.7 Å². The molecule has 0 saturated heterocycles. The van der Waals surface area contributed by atoms with E-state index in [1.165, 1.54) is 12.3 Å². The number of amides is 1. The molecule has 0 bridgehead atoms. The molecule has 2 aromatic heterocycles. The van der Waals surface area contributed by atoms with Gasteiger partial charge < -0.3 is 10.4 Å². The first-order chi connectivity index (χ1) is 12.0. The lowest BCUT2D eigenvalue weighted by Crippen LogP contribution is -2.20. The minimum absolute atomic E-state index is 0.178. The number of rotatable bonds is 6. The van der Waals surface area contributed by atoms with Crippen molar-refractivity contribution in [1.29, 1.82) is 0 Å². The third-order valence-corrected chi connectivity index (χ3v) is 3.59. The summed E-state index contributed by atoms with van der Waals surface area (Å²) in [6.45, 7) is 0.188. The van der Waals surface area contributed by atoms with Gasteiger partial charge >= 0.3 is 5.97 Å². The average Bonchev–Trinajstić information content (AvgIpc) is 3.18. The van der Waals surface area contributed by atoms with Gasteiger partial charge in [-0.2, -0.15) is 10.2 Å². The van der Waals surface area contributed by atoms with E-state index < -0.39 is 11.9 Å². The molecule has 0 aliphatic heterocycles. The number of carboxylic acids is 1. The Labute approximate surface area is 147 Å². The van der Waals surface area contributed by atoms with Gasteiger partial charge in [-0.25, -0.2) is 4.68 Å². The van der Waals surface area contributed by atoms with Crippen LogP contribution in [0.15, 0.2) is 48.9 Å². The normalized spacial score (nSPS) is 10.6. The van der Waals surface area contributed by atoms with Gasteiger partial charge in [-0.05, 0) is 23.8 Å². The number of halogens is 1. The fraction of sp³-hybridized carbons (Fsp3) is 0.125. The molecule has 3 rings (SSSR count). The predicted octanol–water partition coefficient (Wildman–Crippen LogP) is 2.12. The van der Waals surface area contributed by atoms with Crippen molar-refractivity contribution >= 4 is 29.2 Å². The molecule has 0 saturated carbocycles. The van der Waals surface area contributed by atoms with Gasteiger partial charge in [0.05, 0.1) is 17.8 Å². The van der Waals surface area contributed by atoms with Crippen LogP contribution in [0, 0.1) is 0 Å². The molecule has 0 atom stereocenters. The van der Waals surface area contributed by atoms with Gasteiger partial charge in [0.1, 0.15) is 12.2 Å². The number of aliphatic carboxylic acids is 1. The molecule has 0 radical (unpaired) electrons. The van der Waals surface area contributed by atoms with Crippen LogP contribution in [0.25, 0.3) is 0 Å². The van der Waals surface area contributed by atoms with Gasteiger partial charge in [0.25, 0.3) is 5.91 Å². The van der Waals surface area contributed by atoms with E-state index in [0.29, 0.717) is 17.3 Å². The topological polar surface area (TPSA) is 102 Å². The first-order valence-electron chi connectivity index (χ1n) is 7.33. The van der Waals surface area contributed by atoms with Crippen LogP contribution >= 0.6 is 11.6 Å². The summed E-state index contributed by atoms with van der Waals surface area (Å²) < 4.78 is 2.84. The second kappa shape index (κ2) is 7.18. The largest absolute Gasteiger partial charge is 0.480 e. The van der Waals surface area contributed by atoms with Gasteiger partial charge in [-0.1, -0.05) is 23.7 Å². The molecule has 2 heterocycles. The Kier molecular flexibility index (Phi) is 4.80. The van der Waals surface area contributed by atoms with Crippen molar-refractivity contribution in [2.45, 2.75) is 13.1 Å². The van der Waals surface area contributed by atoms with Crippen molar-refractivity contribution in [3.05, 3.63) is 65.2 Å². The maximum atomic E-state index is 12.3. The second-order valence-corrected chi connectivity index (χ2v) is 5.71. The van der Waals surface area contributed by atoms with E-state index in [-0.39, 0.29) is 12.2 Å². The molecule has 25 heavy (non-hydrogen) atoms. The molecule has 8 nitrogen and oxygen atoms in total. The molecule has 2 N–H and O–H groups in total. The first kappa shape index (κ1) is 16.7. The summed E-state index contributed by atoms with van der Waals surface area (Å²) in [7, 11) is 0. The Bertz CT molecular complexity index is 901. The molecule has 0 unspecified atom stereocenters. The number of carbonyl (C=O) groups is 2. The van der Waals surface area contributed by atoms with E-state index >= 15 is 0 Å². The van der Waals surface area contributed by atoms with Crippen molar-refractivity contribution in [2.75, 3.05) is 5.32 Å². The van der Waals surface area contributed by atoms with Crippen LogP contribution in [-0.2, 0) is 17.9 Å². The highest BCUT2D eigenvalue weighted by atomic mass is 35.5. The number of anilines is 1. The Balaban J connectivity index is 1.66. The number of hydrogen-bond acceptors (Lipinski definition) is 4. The van der Waals surface area contributed by atoms with E-state index in [9.17, 15) is 9.59 Å². The number of nitrogens with zero attached hydrogens (tertiary/aromatic N) is 4. The molecule has 0 spiro atoms. The Morgan fingerprint density at radius 2 is 1.92 bits per heavy atom. The molecular weight excluding hydrogens is 346 g/mol. The highest BCUT2D eigenvalue weighted by Crippen LogP contribution is 2.13.